The van der Waals surface area contributed by atoms with Gasteiger partial charge in [0.2, 0.25) is 0 Å². The standard InChI is InChI=1S/C18H23N9O2/c1-26-9-13(15(25-26)16(20)28)23-18(29)10-8-21-27-7-6-14(24-17(10)27)22-12-5-3-2-4-11(12)19/h6-9,11-12H,2-5,19H2,1H3,(H2,20,28)(H,22,24)(H,23,29)/t11-,12-/m1/s1. The second-order valence-electron chi connectivity index (χ2n) is 7.22. The van der Waals surface area contributed by atoms with Gasteiger partial charge in [-0.05, 0) is 18.9 Å². The predicted octanol–water partition coefficient (Wildman–Crippen LogP) is 0.496. The third-order valence-corrected chi connectivity index (χ3v) is 5.08. The lowest BCUT2D eigenvalue weighted by molar-refractivity contribution is 0.0995. The molecule has 1 aliphatic carbocycles. The van der Waals surface area contributed by atoms with Crippen molar-refractivity contribution < 1.29 is 9.59 Å². The zero-order chi connectivity index (χ0) is 20.5. The van der Waals surface area contributed by atoms with Gasteiger partial charge in [0.1, 0.15) is 11.4 Å². The lowest BCUT2D eigenvalue weighted by atomic mass is 9.91. The molecule has 4 rings (SSSR count). The Morgan fingerprint density at radius 2 is 2.07 bits per heavy atom. The Morgan fingerprint density at radius 1 is 1.28 bits per heavy atom. The van der Waals surface area contributed by atoms with Crippen molar-refractivity contribution in [1.29, 1.82) is 0 Å². The number of aryl methyl sites for hydroxylation is 1. The summed E-state index contributed by atoms with van der Waals surface area (Å²) in [6, 6.07) is 2.02. The molecule has 152 valence electrons. The van der Waals surface area contributed by atoms with E-state index in [1.165, 1.54) is 21.6 Å². The molecule has 3 heterocycles. The summed E-state index contributed by atoms with van der Waals surface area (Å²) in [5.74, 6) is -0.558. The van der Waals surface area contributed by atoms with Crippen LogP contribution in [0.15, 0.2) is 24.7 Å². The Labute approximate surface area is 166 Å². The highest BCUT2D eigenvalue weighted by molar-refractivity contribution is 6.10. The van der Waals surface area contributed by atoms with E-state index in [2.05, 4.69) is 25.8 Å². The van der Waals surface area contributed by atoms with Gasteiger partial charge in [0.05, 0.1) is 11.9 Å². The van der Waals surface area contributed by atoms with Gasteiger partial charge in [-0.1, -0.05) is 12.8 Å². The fraction of sp³-hybridized carbons (Fsp3) is 0.389. The molecule has 0 spiro atoms. The molecule has 0 aromatic carbocycles. The first-order chi connectivity index (χ1) is 13.9. The number of rotatable bonds is 5. The molecular weight excluding hydrogens is 374 g/mol. The topological polar surface area (TPSA) is 158 Å². The summed E-state index contributed by atoms with van der Waals surface area (Å²) in [5.41, 5.74) is 12.4. The normalized spacial score (nSPS) is 19.2. The van der Waals surface area contributed by atoms with Crippen molar-refractivity contribution in [3.05, 3.63) is 35.9 Å². The summed E-state index contributed by atoms with van der Waals surface area (Å²) in [6.07, 6.45) is 8.89. The van der Waals surface area contributed by atoms with E-state index in [0.29, 0.717) is 11.5 Å². The number of nitrogens with one attached hydrogen (secondary N) is 2. The van der Waals surface area contributed by atoms with Crippen LogP contribution in [0.5, 0.6) is 0 Å². The number of nitrogens with two attached hydrogens (primary N) is 2. The van der Waals surface area contributed by atoms with Crippen molar-refractivity contribution in [3.63, 3.8) is 0 Å². The van der Waals surface area contributed by atoms with E-state index in [1.54, 1.807) is 19.3 Å². The van der Waals surface area contributed by atoms with Gasteiger partial charge in [0, 0.05) is 31.5 Å². The fourth-order valence-electron chi connectivity index (χ4n) is 3.59. The number of anilines is 2. The molecule has 0 saturated heterocycles. The van der Waals surface area contributed by atoms with Crippen LogP contribution in [0.25, 0.3) is 5.65 Å². The quantitative estimate of drug-likeness (QED) is 0.488. The van der Waals surface area contributed by atoms with E-state index < -0.39 is 11.8 Å². The number of carbonyl (C=O) groups is 2. The minimum absolute atomic E-state index is 0.0149. The first kappa shape index (κ1) is 18.9. The maximum atomic E-state index is 12.8. The van der Waals surface area contributed by atoms with Crippen molar-refractivity contribution in [3.8, 4) is 0 Å². The largest absolute Gasteiger partial charge is 0.366 e. The van der Waals surface area contributed by atoms with Crippen molar-refractivity contribution in [2.75, 3.05) is 10.6 Å². The van der Waals surface area contributed by atoms with Gasteiger partial charge < -0.3 is 22.1 Å². The van der Waals surface area contributed by atoms with Gasteiger partial charge in [-0.25, -0.2) is 9.50 Å². The van der Waals surface area contributed by atoms with Gasteiger partial charge >= 0.3 is 0 Å². The maximum absolute atomic E-state index is 12.8. The molecule has 6 N–H and O–H groups in total. The third-order valence-electron chi connectivity index (χ3n) is 5.08. The monoisotopic (exact) mass is 397 g/mol. The van der Waals surface area contributed by atoms with E-state index in [9.17, 15) is 9.59 Å². The van der Waals surface area contributed by atoms with Crippen molar-refractivity contribution >= 4 is 29.0 Å². The van der Waals surface area contributed by atoms with Crippen LogP contribution < -0.4 is 22.1 Å². The second-order valence-corrected chi connectivity index (χ2v) is 7.22. The van der Waals surface area contributed by atoms with Gasteiger partial charge in [0.15, 0.2) is 11.3 Å². The second kappa shape index (κ2) is 7.51. The minimum atomic E-state index is -0.728. The summed E-state index contributed by atoms with van der Waals surface area (Å²) >= 11 is 0. The van der Waals surface area contributed by atoms with E-state index >= 15 is 0 Å². The summed E-state index contributed by atoms with van der Waals surface area (Å²) in [5, 5.41) is 14.2. The molecule has 3 aromatic heterocycles. The number of fused-ring (bicyclic) bond motifs is 1. The van der Waals surface area contributed by atoms with Gasteiger partial charge in [-0.15, -0.1) is 0 Å². The molecule has 1 fully saturated rings. The highest BCUT2D eigenvalue weighted by atomic mass is 16.2. The van der Waals surface area contributed by atoms with E-state index in [-0.39, 0.29) is 29.0 Å². The molecule has 3 aromatic rings. The zero-order valence-corrected chi connectivity index (χ0v) is 16.0. The average Bonchev–Trinajstić information content (AvgIpc) is 3.26. The molecule has 11 heteroatoms. The van der Waals surface area contributed by atoms with Crippen LogP contribution in [-0.2, 0) is 7.05 Å². The lowest BCUT2D eigenvalue weighted by Crippen LogP contribution is -2.42. The number of primary amides is 1. The van der Waals surface area contributed by atoms with Crippen LogP contribution in [0, 0.1) is 0 Å². The highest BCUT2D eigenvalue weighted by Gasteiger charge is 2.23. The summed E-state index contributed by atoms with van der Waals surface area (Å²) in [6.45, 7) is 0. The Hall–Kier alpha value is -3.47. The molecule has 0 aliphatic heterocycles. The zero-order valence-electron chi connectivity index (χ0n) is 16.0. The summed E-state index contributed by atoms with van der Waals surface area (Å²) in [7, 11) is 1.63. The third kappa shape index (κ3) is 3.76. The van der Waals surface area contributed by atoms with Crippen LogP contribution >= 0.6 is 0 Å². The minimum Gasteiger partial charge on any atom is -0.366 e. The molecule has 1 aliphatic rings. The van der Waals surface area contributed by atoms with Crippen LogP contribution in [0.3, 0.4) is 0 Å². The van der Waals surface area contributed by atoms with Gasteiger partial charge in [-0.2, -0.15) is 10.2 Å². The molecule has 2 atom stereocenters. The molecular formula is C18H23N9O2. The SMILES string of the molecule is Cn1cc(NC(=O)c2cnn3ccc(N[C@@H]4CCCC[C@H]4N)nc23)c(C(N)=O)n1. The number of carbonyl (C=O) groups excluding carboxylic acids is 2. The number of amides is 2. The van der Waals surface area contributed by atoms with Crippen LogP contribution in [0.4, 0.5) is 11.5 Å². The number of aromatic nitrogens is 5. The molecule has 0 bridgehead atoms. The molecule has 29 heavy (non-hydrogen) atoms. The predicted molar refractivity (Wildman–Crippen MR) is 107 cm³/mol. The number of nitrogens with zero attached hydrogens (tertiary/aromatic N) is 5. The maximum Gasteiger partial charge on any atom is 0.271 e. The molecule has 0 radical (unpaired) electrons. The van der Waals surface area contributed by atoms with Crippen molar-refractivity contribution in [2.45, 2.75) is 37.8 Å². The fourth-order valence-corrected chi connectivity index (χ4v) is 3.59. The summed E-state index contributed by atoms with van der Waals surface area (Å²) < 4.78 is 2.92. The molecule has 0 unspecified atom stereocenters. The first-order valence-corrected chi connectivity index (χ1v) is 9.43. The molecule has 2 amide bonds. The smallest absolute Gasteiger partial charge is 0.271 e. The molecule has 11 nitrogen and oxygen atoms in total. The Balaban J connectivity index is 1.59. The van der Waals surface area contributed by atoms with Crippen molar-refractivity contribution in [2.24, 2.45) is 18.5 Å². The van der Waals surface area contributed by atoms with Crippen LogP contribution in [0.2, 0.25) is 0 Å². The van der Waals surface area contributed by atoms with E-state index in [1.807, 2.05) is 0 Å². The lowest BCUT2D eigenvalue weighted by Gasteiger charge is -2.29. The molecule has 1 saturated carbocycles. The Morgan fingerprint density at radius 3 is 2.83 bits per heavy atom. The van der Waals surface area contributed by atoms with E-state index in [4.69, 9.17) is 11.5 Å². The highest BCUT2D eigenvalue weighted by Crippen LogP contribution is 2.21. The average molecular weight is 397 g/mol. The Kier molecular flexibility index (Phi) is 4.89. The number of hydrogen-bond donors (Lipinski definition) is 4. The first-order valence-electron chi connectivity index (χ1n) is 9.43. The van der Waals surface area contributed by atoms with Gasteiger partial charge in [-0.3, -0.25) is 14.3 Å². The van der Waals surface area contributed by atoms with E-state index in [0.717, 1.165) is 25.7 Å². The van der Waals surface area contributed by atoms with Crippen molar-refractivity contribution in [1.82, 2.24) is 24.4 Å². The van der Waals surface area contributed by atoms with Gasteiger partial charge in [0.25, 0.3) is 11.8 Å². The number of hydrogen-bond acceptors (Lipinski definition) is 7. The van der Waals surface area contributed by atoms with Crippen LogP contribution in [-0.4, -0.2) is 48.3 Å². The van der Waals surface area contributed by atoms with Crippen LogP contribution in [0.1, 0.15) is 46.5 Å². The summed E-state index contributed by atoms with van der Waals surface area (Å²) in [4.78, 5) is 28.9. The Bertz CT molecular complexity index is 1070.